The molecule has 0 unspecified atom stereocenters. The fourth-order valence-corrected chi connectivity index (χ4v) is 2.05. The molecule has 0 bridgehead atoms. The number of Topliss-reactive ketones (excluding diaryl/α,β-unsaturated/α-hetero) is 1. The molecule has 0 saturated heterocycles. The van der Waals surface area contributed by atoms with Crippen LogP contribution in [0.15, 0.2) is 23.1 Å². The smallest absolute Gasteiger partial charge is 0.240 e. The molecule has 5 nitrogen and oxygen atoms in total. The molecule has 0 aliphatic rings. The van der Waals surface area contributed by atoms with Gasteiger partial charge in [0.15, 0.2) is 5.78 Å². The Bertz CT molecular complexity index is 509. The maximum Gasteiger partial charge on any atom is 0.240 e. The molecule has 3 N–H and O–H groups in total. The molecule has 6 heteroatoms. The second-order valence-corrected chi connectivity index (χ2v) is 4.87. The Morgan fingerprint density at radius 2 is 2.06 bits per heavy atom. The van der Waals surface area contributed by atoms with Gasteiger partial charge in [-0.25, -0.2) is 13.6 Å². The van der Waals surface area contributed by atoms with Crippen LogP contribution in [0.25, 0.3) is 0 Å². The fourth-order valence-electron chi connectivity index (χ4n) is 1.31. The minimum Gasteiger partial charge on any atom is -0.384 e. The number of carbonyl (C=O) groups excluding carboxylic acids is 1. The van der Waals surface area contributed by atoms with Crippen LogP contribution < -0.4 is 10.5 Å². The molecule has 0 amide bonds. The molecule has 0 atom stereocenters. The molecule has 1 rings (SSSR count). The average molecular weight is 242 g/mol. The van der Waals surface area contributed by atoms with Crippen LogP contribution in [0.4, 0.5) is 5.69 Å². The molecular formula is C10H14N2O3S. The highest BCUT2D eigenvalue weighted by Crippen LogP contribution is 2.21. The lowest BCUT2D eigenvalue weighted by molar-refractivity contribution is 0.101. The zero-order chi connectivity index (χ0) is 12.3. The first kappa shape index (κ1) is 12.7. The van der Waals surface area contributed by atoms with Gasteiger partial charge in [0.05, 0.1) is 5.69 Å². The molecule has 0 saturated carbocycles. The number of nitrogens with two attached hydrogens (primary N) is 1. The van der Waals surface area contributed by atoms with Gasteiger partial charge in [0, 0.05) is 12.1 Å². The van der Waals surface area contributed by atoms with Crippen molar-refractivity contribution in [2.75, 3.05) is 11.9 Å². The van der Waals surface area contributed by atoms with Crippen molar-refractivity contribution >= 4 is 21.5 Å². The first-order valence-corrected chi connectivity index (χ1v) is 6.32. The number of hydrogen-bond donors (Lipinski definition) is 2. The van der Waals surface area contributed by atoms with Gasteiger partial charge in [-0.2, -0.15) is 0 Å². The van der Waals surface area contributed by atoms with Crippen LogP contribution in [-0.2, 0) is 10.0 Å². The van der Waals surface area contributed by atoms with E-state index in [2.05, 4.69) is 5.32 Å². The normalized spacial score (nSPS) is 11.2. The van der Waals surface area contributed by atoms with Gasteiger partial charge in [-0.1, -0.05) is 0 Å². The summed E-state index contributed by atoms with van der Waals surface area (Å²) in [4.78, 5) is 11.1. The number of carbonyl (C=O) groups is 1. The van der Waals surface area contributed by atoms with Crippen LogP contribution in [0.3, 0.4) is 0 Å². The lowest BCUT2D eigenvalue weighted by atomic mass is 10.1. The highest BCUT2D eigenvalue weighted by atomic mass is 32.2. The van der Waals surface area contributed by atoms with Crippen molar-refractivity contribution in [1.29, 1.82) is 0 Å². The van der Waals surface area contributed by atoms with Crippen molar-refractivity contribution in [3.8, 4) is 0 Å². The SMILES string of the molecule is CCNc1ccc(C(C)=O)cc1S(N)(=O)=O. The van der Waals surface area contributed by atoms with E-state index in [1.54, 1.807) is 12.1 Å². The standard InChI is InChI=1S/C10H14N2O3S/c1-3-12-9-5-4-8(7(2)13)6-10(9)16(11,14)15/h4-6,12H,3H2,1-2H3,(H2,11,14,15). The zero-order valence-corrected chi connectivity index (χ0v) is 9.97. The van der Waals surface area contributed by atoms with Gasteiger partial charge in [-0.3, -0.25) is 4.79 Å². The molecule has 0 radical (unpaired) electrons. The third-order valence-corrected chi connectivity index (χ3v) is 3.01. The summed E-state index contributed by atoms with van der Waals surface area (Å²) in [6.45, 7) is 3.78. The van der Waals surface area contributed by atoms with E-state index in [1.165, 1.54) is 13.0 Å². The second-order valence-electron chi connectivity index (χ2n) is 3.34. The topological polar surface area (TPSA) is 89.3 Å². The minimum atomic E-state index is -3.83. The van der Waals surface area contributed by atoms with Crippen molar-refractivity contribution in [2.24, 2.45) is 5.14 Å². The predicted octanol–water partition coefficient (Wildman–Crippen LogP) is 0.968. The van der Waals surface area contributed by atoms with E-state index in [9.17, 15) is 13.2 Å². The Balaban J connectivity index is 3.39. The largest absolute Gasteiger partial charge is 0.384 e. The van der Waals surface area contributed by atoms with Crippen LogP contribution in [0.1, 0.15) is 24.2 Å². The van der Waals surface area contributed by atoms with Gasteiger partial charge < -0.3 is 5.32 Å². The van der Waals surface area contributed by atoms with Gasteiger partial charge in [0.2, 0.25) is 10.0 Å². The first-order valence-electron chi connectivity index (χ1n) is 4.78. The van der Waals surface area contributed by atoms with Gasteiger partial charge in [0.1, 0.15) is 4.90 Å². The van der Waals surface area contributed by atoms with Crippen LogP contribution in [0.2, 0.25) is 0 Å². The third-order valence-electron chi connectivity index (χ3n) is 2.06. The average Bonchev–Trinajstić information content (AvgIpc) is 2.16. The van der Waals surface area contributed by atoms with E-state index in [1.807, 2.05) is 6.92 Å². The fraction of sp³-hybridized carbons (Fsp3) is 0.300. The van der Waals surface area contributed by atoms with Gasteiger partial charge >= 0.3 is 0 Å². The summed E-state index contributed by atoms with van der Waals surface area (Å²) in [5.41, 5.74) is 0.737. The van der Waals surface area contributed by atoms with E-state index < -0.39 is 10.0 Å². The summed E-state index contributed by atoms with van der Waals surface area (Å²) in [6, 6.07) is 4.39. The summed E-state index contributed by atoms with van der Waals surface area (Å²) < 4.78 is 22.7. The van der Waals surface area contributed by atoms with Crippen molar-refractivity contribution in [3.63, 3.8) is 0 Å². The Labute approximate surface area is 94.7 Å². The predicted molar refractivity (Wildman–Crippen MR) is 62.0 cm³/mol. The number of sulfonamides is 1. The van der Waals surface area contributed by atoms with Crippen molar-refractivity contribution < 1.29 is 13.2 Å². The molecule has 0 aromatic heterocycles. The van der Waals surface area contributed by atoms with E-state index in [4.69, 9.17) is 5.14 Å². The zero-order valence-electron chi connectivity index (χ0n) is 9.15. The summed E-state index contributed by atoms with van der Waals surface area (Å²) in [5.74, 6) is -0.201. The van der Waals surface area contributed by atoms with E-state index in [0.29, 0.717) is 17.8 Å². The second kappa shape index (κ2) is 4.63. The summed E-state index contributed by atoms with van der Waals surface area (Å²) in [5, 5.41) is 7.96. The lowest BCUT2D eigenvalue weighted by Gasteiger charge is -2.09. The molecule has 88 valence electrons. The van der Waals surface area contributed by atoms with Crippen molar-refractivity contribution in [1.82, 2.24) is 0 Å². The Hall–Kier alpha value is -1.40. The monoisotopic (exact) mass is 242 g/mol. The van der Waals surface area contributed by atoms with E-state index >= 15 is 0 Å². The Morgan fingerprint density at radius 1 is 1.44 bits per heavy atom. The molecule has 0 heterocycles. The Morgan fingerprint density at radius 3 is 2.50 bits per heavy atom. The lowest BCUT2D eigenvalue weighted by Crippen LogP contribution is -2.15. The van der Waals surface area contributed by atoms with Crippen molar-refractivity contribution in [3.05, 3.63) is 23.8 Å². The van der Waals surface area contributed by atoms with Crippen molar-refractivity contribution in [2.45, 2.75) is 18.7 Å². The molecule has 0 fully saturated rings. The number of nitrogens with one attached hydrogen (secondary N) is 1. The number of primary sulfonamides is 1. The molecule has 0 spiro atoms. The maximum atomic E-state index is 11.3. The number of hydrogen-bond acceptors (Lipinski definition) is 4. The van der Waals surface area contributed by atoms with E-state index in [0.717, 1.165) is 0 Å². The van der Waals surface area contributed by atoms with Crippen LogP contribution in [0, 0.1) is 0 Å². The number of ketones is 1. The van der Waals surface area contributed by atoms with E-state index in [-0.39, 0.29) is 10.7 Å². The van der Waals surface area contributed by atoms with Crippen LogP contribution >= 0.6 is 0 Å². The van der Waals surface area contributed by atoms with Gasteiger partial charge in [-0.05, 0) is 32.0 Å². The molecule has 0 aliphatic carbocycles. The summed E-state index contributed by atoms with van der Waals surface area (Å²) in [7, 11) is -3.83. The minimum absolute atomic E-state index is 0.0537. The highest BCUT2D eigenvalue weighted by molar-refractivity contribution is 7.89. The summed E-state index contributed by atoms with van der Waals surface area (Å²) >= 11 is 0. The molecule has 1 aromatic rings. The molecule has 1 aromatic carbocycles. The molecule has 16 heavy (non-hydrogen) atoms. The third kappa shape index (κ3) is 2.80. The number of anilines is 1. The quantitative estimate of drug-likeness (QED) is 0.770. The van der Waals surface area contributed by atoms with Crippen LogP contribution in [0.5, 0.6) is 0 Å². The molecule has 0 aliphatic heterocycles. The number of benzene rings is 1. The molecular weight excluding hydrogens is 228 g/mol. The first-order chi connectivity index (χ1) is 7.36. The van der Waals surface area contributed by atoms with Gasteiger partial charge in [-0.15, -0.1) is 0 Å². The van der Waals surface area contributed by atoms with Crippen LogP contribution in [-0.4, -0.2) is 20.7 Å². The number of rotatable bonds is 4. The highest BCUT2D eigenvalue weighted by Gasteiger charge is 2.15. The Kier molecular flexibility index (Phi) is 3.66. The maximum absolute atomic E-state index is 11.3. The van der Waals surface area contributed by atoms with Gasteiger partial charge in [0.25, 0.3) is 0 Å². The summed E-state index contributed by atoms with van der Waals surface area (Å²) in [6.07, 6.45) is 0.